The topological polar surface area (TPSA) is 12.0 Å². The maximum Gasteiger partial charge on any atom is 0.390 e. The number of alkyl halides is 3. The van der Waals surface area contributed by atoms with Crippen molar-refractivity contribution in [2.75, 3.05) is 6.54 Å². The molecule has 0 aliphatic rings. The summed E-state index contributed by atoms with van der Waals surface area (Å²) in [5.41, 5.74) is 0.651. The lowest BCUT2D eigenvalue weighted by atomic mass is 10.1. The first-order valence-electron chi connectivity index (χ1n) is 5.04. The fourth-order valence-electron chi connectivity index (χ4n) is 1.33. The molecule has 0 aliphatic heterocycles. The van der Waals surface area contributed by atoms with E-state index in [1.54, 1.807) is 6.92 Å². The Balaban J connectivity index is 2.52. The van der Waals surface area contributed by atoms with Crippen LogP contribution in [0.15, 0.2) is 18.2 Å². The largest absolute Gasteiger partial charge is 0.390 e. The van der Waals surface area contributed by atoms with Crippen molar-refractivity contribution < 1.29 is 17.6 Å². The summed E-state index contributed by atoms with van der Waals surface area (Å²) < 4.78 is 48.6. The van der Waals surface area contributed by atoms with Crippen molar-refractivity contribution >= 4 is 11.6 Å². The minimum Gasteiger partial charge on any atom is -0.310 e. The highest BCUT2D eigenvalue weighted by Gasteiger charge is 2.26. The van der Waals surface area contributed by atoms with Crippen molar-refractivity contribution in [3.63, 3.8) is 0 Å². The van der Waals surface area contributed by atoms with Gasteiger partial charge in [-0.2, -0.15) is 13.2 Å². The van der Waals surface area contributed by atoms with Gasteiger partial charge in [0.15, 0.2) is 0 Å². The minimum atomic E-state index is -4.17. The van der Waals surface area contributed by atoms with E-state index in [1.165, 1.54) is 18.2 Å². The van der Waals surface area contributed by atoms with Crippen molar-refractivity contribution in [3.05, 3.63) is 34.6 Å². The molecule has 0 radical (unpaired) electrons. The van der Waals surface area contributed by atoms with E-state index in [-0.39, 0.29) is 17.6 Å². The van der Waals surface area contributed by atoms with Crippen LogP contribution in [0.5, 0.6) is 0 Å². The molecule has 0 saturated heterocycles. The molecule has 0 spiro atoms. The molecule has 96 valence electrons. The Morgan fingerprint density at radius 3 is 2.53 bits per heavy atom. The summed E-state index contributed by atoms with van der Waals surface area (Å²) in [6.45, 7) is 1.51. The molecule has 0 heterocycles. The van der Waals surface area contributed by atoms with Gasteiger partial charge in [-0.15, -0.1) is 0 Å². The molecule has 17 heavy (non-hydrogen) atoms. The molecule has 0 aliphatic carbocycles. The van der Waals surface area contributed by atoms with Gasteiger partial charge >= 0.3 is 6.18 Å². The molecule has 0 aromatic heterocycles. The lowest BCUT2D eigenvalue weighted by Gasteiger charge is -2.15. The van der Waals surface area contributed by atoms with Crippen LogP contribution in [0.1, 0.15) is 24.9 Å². The number of hydrogen-bond donors (Lipinski definition) is 1. The molecular formula is C11H12ClF4N. The second-order valence-electron chi connectivity index (χ2n) is 3.71. The normalized spacial score (nSPS) is 13.8. The Labute approximate surface area is 102 Å². The van der Waals surface area contributed by atoms with Crippen LogP contribution in [-0.4, -0.2) is 12.7 Å². The number of hydrogen-bond acceptors (Lipinski definition) is 1. The Bertz CT molecular complexity index is 378. The van der Waals surface area contributed by atoms with E-state index in [0.29, 0.717) is 5.56 Å². The number of halogens is 5. The second kappa shape index (κ2) is 5.69. The first-order chi connectivity index (χ1) is 7.79. The van der Waals surface area contributed by atoms with Gasteiger partial charge in [-0.1, -0.05) is 17.7 Å². The van der Waals surface area contributed by atoms with Crippen molar-refractivity contribution in [3.8, 4) is 0 Å². The molecule has 1 atom stereocenters. The fourth-order valence-corrected chi connectivity index (χ4v) is 1.52. The monoisotopic (exact) mass is 269 g/mol. The van der Waals surface area contributed by atoms with Gasteiger partial charge in [-0.25, -0.2) is 4.39 Å². The third-order valence-electron chi connectivity index (χ3n) is 2.30. The minimum absolute atomic E-state index is 0.0352. The van der Waals surface area contributed by atoms with Crippen LogP contribution in [0.4, 0.5) is 17.6 Å². The van der Waals surface area contributed by atoms with Gasteiger partial charge in [0.2, 0.25) is 0 Å². The predicted octanol–water partition coefficient (Wildman–Crippen LogP) is 4.08. The van der Waals surface area contributed by atoms with Crippen LogP contribution in [0.2, 0.25) is 5.02 Å². The SMILES string of the molecule is CC(NCCC(F)(F)F)c1ccc(F)c(Cl)c1. The van der Waals surface area contributed by atoms with Gasteiger partial charge in [-0.3, -0.25) is 0 Å². The summed E-state index contributed by atoms with van der Waals surface area (Å²) >= 11 is 5.58. The van der Waals surface area contributed by atoms with E-state index in [0.717, 1.165) is 0 Å². The number of rotatable bonds is 4. The Hall–Kier alpha value is -0.810. The van der Waals surface area contributed by atoms with E-state index in [2.05, 4.69) is 5.32 Å². The molecule has 0 fully saturated rings. The molecule has 6 heteroatoms. The third kappa shape index (κ3) is 4.91. The summed E-state index contributed by atoms with van der Waals surface area (Å²) in [5, 5.41) is 2.67. The van der Waals surface area contributed by atoms with Crippen molar-refractivity contribution in [1.29, 1.82) is 0 Å². The Morgan fingerprint density at radius 2 is 2.00 bits per heavy atom. The molecule has 0 bridgehead atoms. The highest BCUT2D eigenvalue weighted by atomic mass is 35.5. The molecule has 1 unspecified atom stereocenters. The van der Waals surface area contributed by atoms with E-state index in [4.69, 9.17) is 11.6 Å². The third-order valence-corrected chi connectivity index (χ3v) is 2.59. The zero-order valence-electron chi connectivity index (χ0n) is 9.11. The Kier molecular flexibility index (Phi) is 4.77. The van der Waals surface area contributed by atoms with Crippen molar-refractivity contribution in [1.82, 2.24) is 5.32 Å². The molecule has 1 aromatic carbocycles. The van der Waals surface area contributed by atoms with Gasteiger partial charge in [0, 0.05) is 12.6 Å². The quantitative estimate of drug-likeness (QED) is 0.812. The lowest BCUT2D eigenvalue weighted by Crippen LogP contribution is -2.24. The van der Waals surface area contributed by atoms with Crippen LogP contribution in [-0.2, 0) is 0 Å². The van der Waals surface area contributed by atoms with Gasteiger partial charge in [-0.05, 0) is 24.6 Å². The standard InChI is InChI=1S/C11H12ClF4N/c1-7(17-5-4-11(14,15)16)8-2-3-10(13)9(12)6-8/h2-3,6-7,17H,4-5H2,1H3. The molecule has 1 rings (SSSR count). The fraction of sp³-hybridized carbons (Fsp3) is 0.455. The van der Waals surface area contributed by atoms with E-state index in [9.17, 15) is 17.6 Å². The predicted molar refractivity (Wildman–Crippen MR) is 58.5 cm³/mol. The van der Waals surface area contributed by atoms with Gasteiger partial charge in [0.05, 0.1) is 11.4 Å². The average molecular weight is 270 g/mol. The molecule has 1 nitrogen and oxygen atoms in total. The average Bonchev–Trinajstić information content (AvgIpc) is 2.20. The van der Waals surface area contributed by atoms with Crippen LogP contribution < -0.4 is 5.32 Å². The molecule has 1 N–H and O–H groups in total. The van der Waals surface area contributed by atoms with E-state index < -0.39 is 18.4 Å². The molecular weight excluding hydrogens is 258 g/mol. The molecule has 0 amide bonds. The van der Waals surface area contributed by atoms with Gasteiger partial charge in [0.25, 0.3) is 0 Å². The van der Waals surface area contributed by atoms with E-state index >= 15 is 0 Å². The maximum absolute atomic E-state index is 12.9. The van der Waals surface area contributed by atoms with Crippen LogP contribution in [0.3, 0.4) is 0 Å². The molecule has 0 saturated carbocycles. The first kappa shape index (κ1) is 14.3. The van der Waals surface area contributed by atoms with Crippen molar-refractivity contribution in [2.45, 2.75) is 25.6 Å². The lowest BCUT2D eigenvalue weighted by molar-refractivity contribution is -0.133. The highest BCUT2D eigenvalue weighted by molar-refractivity contribution is 6.30. The number of benzene rings is 1. The van der Waals surface area contributed by atoms with Crippen molar-refractivity contribution in [2.24, 2.45) is 0 Å². The first-order valence-corrected chi connectivity index (χ1v) is 5.42. The van der Waals surface area contributed by atoms with Gasteiger partial charge in [0.1, 0.15) is 5.82 Å². The zero-order valence-corrected chi connectivity index (χ0v) is 9.87. The zero-order chi connectivity index (χ0) is 13.1. The summed E-state index contributed by atoms with van der Waals surface area (Å²) in [6.07, 6.45) is -5.07. The maximum atomic E-state index is 12.9. The Morgan fingerprint density at radius 1 is 1.35 bits per heavy atom. The highest BCUT2D eigenvalue weighted by Crippen LogP contribution is 2.22. The smallest absolute Gasteiger partial charge is 0.310 e. The molecule has 1 aromatic rings. The summed E-state index contributed by atoms with van der Waals surface area (Å²) in [7, 11) is 0. The second-order valence-corrected chi connectivity index (χ2v) is 4.12. The van der Waals surface area contributed by atoms with Crippen LogP contribution in [0, 0.1) is 5.82 Å². The van der Waals surface area contributed by atoms with E-state index in [1.807, 2.05) is 0 Å². The van der Waals surface area contributed by atoms with Gasteiger partial charge < -0.3 is 5.32 Å². The summed E-state index contributed by atoms with van der Waals surface area (Å²) in [6, 6.07) is 3.78. The van der Waals surface area contributed by atoms with Crippen LogP contribution >= 0.6 is 11.6 Å². The summed E-state index contributed by atoms with van der Waals surface area (Å²) in [5.74, 6) is -0.544. The number of nitrogens with one attached hydrogen (secondary N) is 1. The summed E-state index contributed by atoms with van der Waals surface area (Å²) in [4.78, 5) is 0. The van der Waals surface area contributed by atoms with Crippen LogP contribution in [0.25, 0.3) is 0 Å².